The first-order valence-electron chi connectivity index (χ1n) is 4.86. The van der Waals surface area contributed by atoms with Crippen molar-refractivity contribution in [2.45, 2.75) is 12.3 Å². The van der Waals surface area contributed by atoms with Crippen LogP contribution in [0.3, 0.4) is 0 Å². The first kappa shape index (κ1) is 16.9. The lowest BCUT2D eigenvalue weighted by Crippen LogP contribution is -2.23. The largest absolute Gasteiger partial charge is 0.391 e. The van der Waals surface area contributed by atoms with E-state index in [0.717, 1.165) is 5.56 Å². The van der Waals surface area contributed by atoms with Crippen molar-refractivity contribution in [3.05, 3.63) is 34.9 Å². The summed E-state index contributed by atoms with van der Waals surface area (Å²) in [6, 6.07) is 6.71. The first-order valence-corrected chi connectivity index (χ1v) is 7.27. The van der Waals surface area contributed by atoms with E-state index in [0.29, 0.717) is 5.02 Å². The van der Waals surface area contributed by atoms with Crippen molar-refractivity contribution >= 4 is 31.4 Å². The Morgan fingerprint density at radius 1 is 1.35 bits per heavy atom. The number of rotatable bonds is 5. The van der Waals surface area contributed by atoms with Gasteiger partial charge in [-0.25, -0.2) is 0 Å². The maximum Gasteiger partial charge on any atom is 0.207 e. The minimum atomic E-state index is -3.38. The Balaban J connectivity index is 0.00000256. The van der Waals surface area contributed by atoms with Gasteiger partial charge in [-0.2, -0.15) is 0 Å². The van der Waals surface area contributed by atoms with Crippen LogP contribution in [0.4, 0.5) is 0 Å². The third kappa shape index (κ3) is 6.41. The molecule has 0 radical (unpaired) electrons. The number of benzene rings is 1. The van der Waals surface area contributed by atoms with Crippen LogP contribution in [0, 0.1) is 0 Å². The van der Waals surface area contributed by atoms with Gasteiger partial charge in [0, 0.05) is 17.7 Å². The molecule has 98 valence electrons. The Hall–Kier alpha value is -0.0900. The van der Waals surface area contributed by atoms with E-state index in [9.17, 15) is 14.6 Å². The molecular formula is C10H16Cl2NO3P. The fraction of sp³-hybridized carbons (Fsp3) is 0.400. The second kappa shape index (κ2) is 7.37. The van der Waals surface area contributed by atoms with E-state index in [1.165, 1.54) is 0 Å². The summed E-state index contributed by atoms with van der Waals surface area (Å²) in [5.74, 6) is 0. The normalized spacial score (nSPS) is 15.8. The van der Waals surface area contributed by atoms with Gasteiger partial charge >= 0.3 is 0 Å². The quantitative estimate of drug-likeness (QED) is 0.725. The molecular weight excluding hydrogens is 284 g/mol. The van der Waals surface area contributed by atoms with E-state index in [1.807, 2.05) is 0 Å². The molecule has 0 saturated heterocycles. The summed E-state index contributed by atoms with van der Waals surface area (Å²) in [5, 5.41) is 9.82. The van der Waals surface area contributed by atoms with E-state index < -0.39 is 13.5 Å². The number of nitrogens with two attached hydrogens (primary N) is 1. The lowest BCUT2D eigenvalue weighted by atomic mass is 10.2. The maximum absolute atomic E-state index is 11.7. The van der Waals surface area contributed by atoms with E-state index in [2.05, 4.69) is 0 Å². The summed E-state index contributed by atoms with van der Waals surface area (Å²) in [5.41, 5.74) is 5.91. The minimum absolute atomic E-state index is 0. The second-order valence-electron chi connectivity index (χ2n) is 3.70. The van der Waals surface area contributed by atoms with Crippen molar-refractivity contribution in [2.24, 2.45) is 5.73 Å². The van der Waals surface area contributed by atoms with Gasteiger partial charge in [0.25, 0.3) is 0 Å². The zero-order valence-corrected chi connectivity index (χ0v) is 11.6. The van der Waals surface area contributed by atoms with Gasteiger partial charge in [-0.15, -0.1) is 12.4 Å². The first-order chi connectivity index (χ1) is 7.43. The highest BCUT2D eigenvalue weighted by Gasteiger charge is 2.22. The minimum Gasteiger partial charge on any atom is -0.391 e. The van der Waals surface area contributed by atoms with Crippen LogP contribution in [0.1, 0.15) is 5.56 Å². The van der Waals surface area contributed by atoms with Crippen LogP contribution in [0.5, 0.6) is 0 Å². The molecule has 1 unspecified atom stereocenters. The molecule has 4 nitrogen and oxygen atoms in total. The summed E-state index contributed by atoms with van der Waals surface area (Å²) in [6.07, 6.45) is -1.07. The Morgan fingerprint density at radius 3 is 2.35 bits per heavy atom. The molecule has 0 aliphatic heterocycles. The number of hydrogen-bond acceptors (Lipinski definition) is 3. The van der Waals surface area contributed by atoms with Crippen molar-refractivity contribution < 1.29 is 14.6 Å². The van der Waals surface area contributed by atoms with E-state index in [1.54, 1.807) is 24.3 Å². The van der Waals surface area contributed by atoms with Gasteiger partial charge in [-0.1, -0.05) is 23.7 Å². The third-order valence-corrected chi connectivity index (χ3v) is 4.21. The van der Waals surface area contributed by atoms with Crippen molar-refractivity contribution in [1.29, 1.82) is 0 Å². The van der Waals surface area contributed by atoms with Gasteiger partial charge < -0.3 is 15.7 Å². The van der Waals surface area contributed by atoms with Gasteiger partial charge in [-0.05, 0) is 17.7 Å². The summed E-state index contributed by atoms with van der Waals surface area (Å²) < 4.78 is 11.7. The lowest BCUT2D eigenvalue weighted by Gasteiger charge is -2.14. The predicted octanol–water partition coefficient (Wildman–Crippen LogP) is 1.85. The Kier molecular flexibility index (Phi) is 7.33. The molecule has 0 spiro atoms. The SMILES string of the molecule is Cl.NC[C@@H](O)CP(=O)(O)Cc1ccc(Cl)cc1. The fourth-order valence-electron chi connectivity index (χ4n) is 1.34. The molecule has 0 amide bonds. The van der Waals surface area contributed by atoms with Crippen molar-refractivity contribution in [2.75, 3.05) is 12.7 Å². The lowest BCUT2D eigenvalue weighted by molar-refractivity contribution is 0.202. The molecule has 0 heterocycles. The maximum atomic E-state index is 11.7. The highest BCUT2D eigenvalue weighted by molar-refractivity contribution is 7.57. The average Bonchev–Trinajstić information content (AvgIpc) is 2.20. The zero-order chi connectivity index (χ0) is 12.2. The molecule has 1 rings (SSSR count). The molecule has 0 aliphatic rings. The average molecular weight is 300 g/mol. The van der Waals surface area contributed by atoms with E-state index in [4.69, 9.17) is 17.3 Å². The van der Waals surface area contributed by atoms with Crippen LogP contribution in [0.25, 0.3) is 0 Å². The highest BCUT2D eigenvalue weighted by atomic mass is 35.5. The van der Waals surface area contributed by atoms with E-state index >= 15 is 0 Å². The molecule has 1 aromatic rings. The predicted molar refractivity (Wildman–Crippen MR) is 72.2 cm³/mol. The number of aliphatic hydroxyl groups excluding tert-OH is 1. The van der Waals surface area contributed by atoms with Crippen molar-refractivity contribution in [3.8, 4) is 0 Å². The van der Waals surface area contributed by atoms with Gasteiger partial charge in [0.1, 0.15) is 0 Å². The molecule has 2 atom stereocenters. The van der Waals surface area contributed by atoms with Gasteiger partial charge in [0.2, 0.25) is 7.37 Å². The van der Waals surface area contributed by atoms with Crippen molar-refractivity contribution in [3.63, 3.8) is 0 Å². The molecule has 0 fully saturated rings. The van der Waals surface area contributed by atoms with Crippen LogP contribution in [-0.2, 0) is 10.7 Å². The zero-order valence-electron chi connectivity index (χ0n) is 9.12. The molecule has 17 heavy (non-hydrogen) atoms. The van der Waals surface area contributed by atoms with Gasteiger partial charge in [0.05, 0.1) is 12.3 Å². The Morgan fingerprint density at radius 2 is 1.88 bits per heavy atom. The third-order valence-electron chi connectivity index (χ3n) is 2.11. The van der Waals surface area contributed by atoms with Crippen LogP contribution < -0.4 is 5.73 Å². The second-order valence-corrected chi connectivity index (χ2v) is 6.51. The molecule has 4 N–H and O–H groups in total. The Labute approximate surface area is 112 Å². The number of hydrogen-bond donors (Lipinski definition) is 3. The molecule has 0 bridgehead atoms. The molecule has 0 aromatic heterocycles. The Bertz CT molecular complexity index is 386. The molecule has 1 aromatic carbocycles. The highest BCUT2D eigenvalue weighted by Crippen LogP contribution is 2.44. The number of halogens is 2. The smallest absolute Gasteiger partial charge is 0.207 e. The van der Waals surface area contributed by atoms with Crippen LogP contribution in [0.2, 0.25) is 5.02 Å². The molecule has 0 saturated carbocycles. The summed E-state index contributed by atoms with van der Waals surface area (Å²) >= 11 is 5.70. The van der Waals surface area contributed by atoms with Gasteiger partial charge in [0.15, 0.2) is 0 Å². The summed E-state index contributed by atoms with van der Waals surface area (Å²) in [6.45, 7) is -0.00876. The van der Waals surface area contributed by atoms with Crippen LogP contribution in [-0.4, -0.2) is 28.8 Å². The molecule has 7 heteroatoms. The van der Waals surface area contributed by atoms with Crippen LogP contribution in [0.15, 0.2) is 24.3 Å². The summed E-state index contributed by atoms with van der Waals surface area (Å²) in [4.78, 5) is 9.65. The monoisotopic (exact) mass is 299 g/mol. The fourth-order valence-corrected chi connectivity index (χ4v) is 3.19. The standard InChI is InChI=1S/C10H15ClNO3P.ClH/c11-9-3-1-8(2-4-9)6-16(14,15)7-10(13)5-12;/h1-4,10,13H,5-7,12H2,(H,14,15);1H/t10-;/m1./s1. The topological polar surface area (TPSA) is 83.5 Å². The van der Waals surface area contributed by atoms with Crippen LogP contribution >= 0.6 is 31.4 Å². The molecule has 0 aliphatic carbocycles. The summed E-state index contributed by atoms with van der Waals surface area (Å²) in [7, 11) is -3.38. The number of aliphatic hydroxyl groups is 1. The van der Waals surface area contributed by atoms with Crippen molar-refractivity contribution in [1.82, 2.24) is 0 Å². The van der Waals surface area contributed by atoms with Gasteiger partial charge in [-0.3, -0.25) is 4.57 Å². The van der Waals surface area contributed by atoms with E-state index in [-0.39, 0.29) is 31.3 Å².